The molecule has 2 nitrogen and oxygen atoms in total. The van der Waals surface area contributed by atoms with Gasteiger partial charge in [-0.05, 0) is 25.0 Å². The molecule has 0 unspecified atom stereocenters. The summed E-state index contributed by atoms with van der Waals surface area (Å²) < 4.78 is 5.23. The van der Waals surface area contributed by atoms with Gasteiger partial charge in [0, 0.05) is 6.21 Å². The molecule has 1 aromatic carbocycles. The standard InChI is InChI=1S/C14H21NO/c1-3-4-5-6-9-12-15-13-10-7-8-11-14(13)16-2/h7-8,10-12H,3-6,9H2,1-2H3. The summed E-state index contributed by atoms with van der Waals surface area (Å²) >= 11 is 0. The molecule has 1 aromatic rings. The zero-order valence-electron chi connectivity index (χ0n) is 10.3. The van der Waals surface area contributed by atoms with Crippen molar-refractivity contribution in [3.8, 4) is 5.75 Å². The second-order valence-corrected chi connectivity index (χ2v) is 3.83. The van der Waals surface area contributed by atoms with Crippen molar-refractivity contribution >= 4 is 11.9 Å². The summed E-state index contributed by atoms with van der Waals surface area (Å²) in [5.41, 5.74) is 0.917. The fraction of sp³-hybridized carbons (Fsp3) is 0.500. The Morgan fingerprint density at radius 1 is 1.19 bits per heavy atom. The third-order valence-corrected chi connectivity index (χ3v) is 2.50. The van der Waals surface area contributed by atoms with Crippen LogP contribution in [-0.2, 0) is 0 Å². The van der Waals surface area contributed by atoms with E-state index in [0.717, 1.165) is 17.9 Å². The summed E-state index contributed by atoms with van der Waals surface area (Å²) in [5.74, 6) is 0.840. The van der Waals surface area contributed by atoms with E-state index in [2.05, 4.69) is 11.9 Å². The van der Waals surface area contributed by atoms with E-state index in [9.17, 15) is 0 Å². The quantitative estimate of drug-likeness (QED) is 0.493. The molecule has 0 radical (unpaired) electrons. The van der Waals surface area contributed by atoms with E-state index in [1.165, 1.54) is 25.7 Å². The minimum Gasteiger partial charge on any atom is -0.494 e. The van der Waals surface area contributed by atoms with Crippen LogP contribution in [0.15, 0.2) is 29.3 Å². The van der Waals surface area contributed by atoms with Crippen LogP contribution in [-0.4, -0.2) is 13.3 Å². The van der Waals surface area contributed by atoms with Gasteiger partial charge in [-0.3, -0.25) is 4.99 Å². The predicted molar refractivity (Wildman–Crippen MR) is 69.9 cm³/mol. The fourth-order valence-corrected chi connectivity index (χ4v) is 1.56. The van der Waals surface area contributed by atoms with Crippen LogP contribution in [0.4, 0.5) is 5.69 Å². The zero-order valence-corrected chi connectivity index (χ0v) is 10.3. The second-order valence-electron chi connectivity index (χ2n) is 3.83. The van der Waals surface area contributed by atoms with E-state index in [0.29, 0.717) is 0 Å². The molecule has 0 aliphatic heterocycles. The molecule has 88 valence electrons. The number of rotatable bonds is 7. The van der Waals surface area contributed by atoms with Crippen LogP contribution in [0.1, 0.15) is 39.0 Å². The molecule has 1 rings (SSSR count). The molecule has 0 aliphatic carbocycles. The van der Waals surface area contributed by atoms with Gasteiger partial charge in [0.05, 0.1) is 7.11 Å². The first kappa shape index (κ1) is 12.8. The highest BCUT2D eigenvalue weighted by molar-refractivity contribution is 5.66. The number of para-hydroxylation sites is 2. The number of nitrogens with zero attached hydrogens (tertiary/aromatic N) is 1. The largest absolute Gasteiger partial charge is 0.494 e. The summed E-state index contributed by atoms with van der Waals surface area (Å²) in [6.07, 6.45) is 8.18. The summed E-state index contributed by atoms with van der Waals surface area (Å²) in [6, 6.07) is 7.84. The highest BCUT2D eigenvalue weighted by atomic mass is 16.5. The Hall–Kier alpha value is -1.31. The Kier molecular flexibility index (Phi) is 6.31. The lowest BCUT2D eigenvalue weighted by Gasteiger charge is -2.02. The number of unbranched alkanes of at least 4 members (excludes halogenated alkanes) is 4. The molecule has 0 amide bonds. The van der Waals surface area contributed by atoms with Crippen molar-refractivity contribution in [1.29, 1.82) is 0 Å². The molecular weight excluding hydrogens is 198 g/mol. The highest BCUT2D eigenvalue weighted by Crippen LogP contribution is 2.25. The van der Waals surface area contributed by atoms with Crippen molar-refractivity contribution in [3.63, 3.8) is 0 Å². The van der Waals surface area contributed by atoms with Crippen molar-refractivity contribution < 1.29 is 4.74 Å². The van der Waals surface area contributed by atoms with Crippen molar-refractivity contribution in [2.75, 3.05) is 7.11 Å². The molecule has 0 spiro atoms. The Bertz CT molecular complexity index is 320. The third kappa shape index (κ3) is 4.47. The molecule has 0 aromatic heterocycles. The number of hydrogen-bond acceptors (Lipinski definition) is 2. The molecule has 0 saturated carbocycles. The SMILES string of the molecule is CCCCCCC=Nc1ccccc1OC. The molecule has 0 aliphatic rings. The third-order valence-electron chi connectivity index (χ3n) is 2.50. The van der Waals surface area contributed by atoms with Gasteiger partial charge in [0.2, 0.25) is 0 Å². The molecule has 16 heavy (non-hydrogen) atoms. The van der Waals surface area contributed by atoms with E-state index in [-0.39, 0.29) is 0 Å². The lowest BCUT2D eigenvalue weighted by molar-refractivity contribution is 0.416. The van der Waals surface area contributed by atoms with Gasteiger partial charge < -0.3 is 4.74 Å². The van der Waals surface area contributed by atoms with Crippen LogP contribution in [0.3, 0.4) is 0 Å². The van der Waals surface area contributed by atoms with Gasteiger partial charge in [0.15, 0.2) is 0 Å². The number of methoxy groups -OCH3 is 1. The minimum absolute atomic E-state index is 0.840. The van der Waals surface area contributed by atoms with E-state index in [4.69, 9.17) is 4.74 Å². The Morgan fingerprint density at radius 3 is 2.75 bits per heavy atom. The van der Waals surface area contributed by atoms with E-state index >= 15 is 0 Å². The molecule has 0 heterocycles. The highest BCUT2D eigenvalue weighted by Gasteiger charge is 1.96. The Morgan fingerprint density at radius 2 is 2.00 bits per heavy atom. The van der Waals surface area contributed by atoms with Gasteiger partial charge in [-0.2, -0.15) is 0 Å². The summed E-state index contributed by atoms with van der Waals surface area (Å²) in [4.78, 5) is 4.42. The van der Waals surface area contributed by atoms with Crippen molar-refractivity contribution in [2.24, 2.45) is 4.99 Å². The lowest BCUT2D eigenvalue weighted by Crippen LogP contribution is -1.83. The van der Waals surface area contributed by atoms with Gasteiger partial charge >= 0.3 is 0 Å². The normalized spacial score (nSPS) is 10.9. The minimum atomic E-state index is 0.840. The molecule has 0 atom stereocenters. The number of hydrogen-bond donors (Lipinski definition) is 0. The first-order chi connectivity index (χ1) is 7.88. The molecule has 0 fully saturated rings. The summed E-state index contributed by atoms with van der Waals surface area (Å²) in [7, 11) is 1.68. The topological polar surface area (TPSA) is 21.6 Å². The molecule has 0 saturated heterocycles. The van der Waals surface area contributed by atoms with E-state index in [1.807, 2.05) is 30.5 Å². The van der Waals surface area contributed by atoms with Gasteiger partial charge in [0.25, 0.3) is 0 Å². The number of aliphatic imine (C=N–C) groups is 1. The maximum absolute atomic E-state index is 5.23. The van der Waals surface area contributed by atoms with Crippen LogP contribution in [0.2, 0.25) is 0 Å². The van der Waals surface area contributed by atoms with Crippen LogP contribution >= 0.6 is 0 Å². The average Bonchev–Trinajstić information content (AvgIpc) is 2.34. The van der Waals surface area contributed by atoms with Crippen molar-refractivity contribution in [1.82, 2.24) is 0 Å². The van der Waals surface area contributed by atoms with Crippen molar-refractivity contribution in [3.05, 3.63) is 24.3 Å². The van der Waals surface area contributed by atoms with Gasteiger partial charge in [0.1, 0.15) is 11.4 Å². The number of ether oxygens (including phenoxy) is 1. The lowest BCUT2D eigenvalue weighted by atomic mass is 10.2. The smallest absolute Gasteiger partial charge is 0.144 e. The van der Waals surface area contributed by atoms with E-state index in [1.54, 1.807) is 7.11 Å². The van der Waals surface area contributed by atoms with Crippen LogP contribution in [0, 0.1) is 0 Å². The first-order valence-electron chi connectivity index (χ1n) is 6.04. The Labute approximate surface area is 98.4 Å². The Balaban J connectivity index is 2.37. The van der Waals surface area contributed by atoms with Crippen LogP contribution in [0.25, 0.3) is 0 Å². The van der Waals surface area contributed by atoms with Gasteiger partial charge in [-0.15, -0.1) is 0 Å². The van der Waals surface area contributed by atoms with Crippen molar-refractivity contribution in [2.45, 2.75) is 39.0 Å². The van der Waals surface area contributed by atoms with Gasteiger partial charge in [-0.25, -0.2) is 0 Å². The van der Waals surface area contributed by atoms with Crippen LogP contribution in [0.5, 0.6) is 5.75 Å². The fourth-order valence-electron chi connectivity index (χ4n) is 1.56. The first-order valence-corrected chi connectivity index (χ1v) is 6.04. The summed E-state index contributed by atoms with van der Waals surface area (Å²) in [6.45, 7) is 2.23. The zero-order chi connectivity index (χ0) is 11.6. The van der Waals surface area contributed by atoms with Crippen LogP contribution < -0.4 is 4.74 Å². The maximum Gasteiger partial charge on any atom is 0.144 e. The summed E-state index contributed by atoms with van der Waals surface area (Å²) in [5, 5.41) is 0. The van der Waals surface area contributed by atoms with E-state index < -0.39 is 0 Å². The average molecular weight is 219 g/mol. The molecule has 0 N–H and O–H groups in total. The monoisotopic (exact) mass is 219 g/mol. The molecule has 2 heteroatoms. The molecular formula is C14H21NO. The molecule has 0 bridgehead atoms. The van der Waals surface area contributed by atoms with Gasteiger partial charge in [-0.1, -0.05) is 38.3 Å². The maximum atomic E-state index is 5.23. The second kappa shape index (κ2) is 7.91. The predicted octanol–water partition coefficient (Wildman–Crippen LogP) is 4.37. The number of benzene rings is 1.